The molecule has 0 aliphatic heterocycles. The summed E-state index contributed by atoms with van der Waals surface area (Å²) in [7, 11) is 0. The van der Waals surface area contributed by atoms with Gasteiger partial charge in [-0.3, -0.25) is 9.97 Å². The molecule has 0 aliphatic rings. The van der Waals surface area contributed by atoms with Gasteiger partial charge in [0.1, 0.15) is 17.2 Å². The van der Waals surface area contributed by atoms with Gasteiger partial charge in [0.25, 0.3) is 0 Å². The molecule has 8 heterocycles. The predicted octanol–water partition coefficient (Wildman–Crippen LogP) is 29.5. The highest BCUT2D eigenvalue weighted by atomic mass is 32.1. The summed E-state index contributed by atoms with van der Waals surface area (Å²) in [6.45, 7) is 39.2. The van der Waals surface area contributed by atoms with Gasteiger partial charge in [0, 0.05) is 110 Å². The predicted molar refractivity (Wildman–Crippen MR) is 512 cm³/mol. The zero-order chi connectivity index (χ0) is 86.4. The van der Waals surface area contributed by atoms with Gasteiger partial charge in [-0.15, -0.1) is 11.3 Å². The lowest BCUT2D eigenvalue weighted by atomic mass is 9.85. The molecular weight excluding hydrogens is 1510 g/mol. The number of aromatic nitrogens is 10. The van der Waals surface area contributed by atoms with Crippen LogP contribution < -0.4 is 0 Å². The third kappa shape index (κ3) is 22.1. The molecule has 0 radical (unpaired) electrons. The first-order valence-electron chi connectivity index (χ1n) is 41.9. The van der Waals surface area contributed by atoms with E-state index < -0.39 is 0 Å². The number of para-hydroxylation sites is 1. The van der Waals surface area contributed by atoms with Crippen molar-refractivity contribution in [2.24, 2.45) is 0 Å². The molecule has 0 bridgehead atoms. The molecule has 0 aliphatic carbocycles. The minimum Gasteiger partial charge on any atom is -0.454 e. The molecule has 10 aromatic carbocycles. The Balaban J connectivity index is 0.000000127. The third-order valence-electron chi connectivity index (χ3n) is 20.3. The van der Waals surface area contributed by atoms with Gasteiger partial charge in [0.15, 0.2) is 23.1 Å². The molecule has 122 heavy (non-hydrogen) atoms. The van der Waals surface area contributed by atoms with Crippen molar-refractivity contribution in [3.63, 3.8) is 0 Å². The zero-order valence-electron chi connectivity index (χ0n) is 73.6. The van der Waals surface area contributed by atoms with E-state index in [-0.39, 0.29) is 32.5 Å². The monoisotopic (exact) mass is 1620 g/mol. The van der Waals surface area contributed by atoms with Gasteiger partial charge in [0.2, 0.25) is 0 Å². The minimum atomic E-state index is -0.129. The summed E-state index contributed by atoms with van der Waals surface area (Å²) < 4.78 is 8.63. The molecule has 18 aromatic rings. The van der Waals surface area contributed by atoms with E-state index in [4.69, 9.17) is 29.3 Å². The first-order chi connectivity index (χ1) is 58.3. The summed E-state index contributed by atoms with van der Waals surface area (Å²) >= 11 is 1.85. The molecular formula is C110H110N10OS. The topological polar surface area (TPSA) is 142 Å². The second-order valence-electron chi connectivity index (χ2n) is 36.6. The smallest absolute Gasteiger partial charge is 0.163 e. The first kappa shape index (κ1) is 86.7. The van der Waals surface area contributed by atoms with Crippen molar-refractivity contribution >= 4 is 53.4 Å². The summed E-state index contributed by atoms with van der Waals surface area (Å²) in [5.41, 5.74) is 20.1. The Morgan fingerprint density at radius 3 is 0.967 bits per heavy atom. The minimum absolute atomic E-state index is 0.00656. The van der Waals surface area contributed by atoms with Crippen molar-refractivity contribution in [1.82, 2.24) is 49.8 Å². The molecule has 0 atom stereocenters. The highest BCUT2D eigenvalue weighted by molar-refractivity contribution is 7.26. The first-order valence-corrected chi connectivity index (χ1v) is 42.7. The van der Waals surface area contributed by atoms with Crippen LogP contribution in [-0.2, 0) is 32.5 Å². The van der Waals surface area contributed by atoms with Crippen molar-refractivity contribution in [2.75, 3.05) is 0 Å². The third-order valence-corrected chi connectivity index (χ3v) is 21.5. The number of nitrogens with zero attached hydrogens (tertiary/aromatic N) is 10. The summed E-state index contributed by atoms with van der Waals surface area (Å²) in [5.74, 6) is 3.90. The molecule has 612 valence electrons. The number of hydrogen-bond donors (Lipinski definition) is 0. The molecule has 18 rings (SSSR count). The summed E-state index contributed by atoms with van der Waals surface area (Å²) in [5, 5.41) is 5.00. The average molecular weight is 1620 g/mol. The van der Waals surface area contributed by atoms with E-state index in [9.17, 15) is 0 Å². The second kappa shape index (κ2) is 37.6. The van der Waals surface area contributed by atoms with Gasteiger partial charge in [0.05, 0.1) is 50.3 Å². The van der Waals surface area contributed by atoms with Crippen LogP contribution in [0.3, 0.4) is 0 Å². The van der Waals surface area contributed by atoms with Crippen LogP contribution >= 0.6 is 11.3 Å². The number of pyridine rings is 3. The van der Waals surface area contributed by atoms with Crippen LogP contribution in [0.1, 0.15) is 159 Å². The van der Waals surface area contributed by atoms with Crippen molar-refractivity contribution in [3.8, 4) is 90.5 Å². The van der Waals surface area contributed by atoms with Gasteiger partial charge < -0.3 is 4.42 Å². The van der Waals surface area contributed by atoms with E-state index in [1.165, 1.54) is 31.4 Å². The van der Waals surface area contributed by atoms with E-state index in [2.05, 4.69) is 307 Å². The number of fused-ring (bicyclic) bond motifs is 6. The normalized spacial score (nSPS) is 11.7. The molecule has 11 nitrogen and oxygen atoms in total. The van der Waals surface area contributed by atoms with Crippen molar-refractivity contribution < 1.29 is 4.42 Å². The van der Waals surface area contributed by atoms with E-state index in [0.717, 1.165) is 135 Å². The lowest BCUT2D eigenvalue weighted by Gasteiger charge is -2.21. The zero-order valence-corrected chi connectivity index (χ0v) is 74.4. The number of furan rings is 1. The number of hydrogen-bond acceptors (Lipinski definition) is 12. The van der Waals surface area contributed by atoms with Crippen LogP contribution in [0, 0.1) is 0 Å². The van der Waals surface area contributed by atoms with E-state index >= 15 is 0 Å². The number of thiophene rings is 1. The maximum Gasteiger partial charge on any atom is 0.163 e. The molecule has 12 heteroatoms. The number of rotatable bonds is 8. The van der Waals surface area contributed by atoms with Gasteiger partial charge in [-0.25, -0.2) is 39.9 Å². The van der Waals surface area contributed by atoms with E-state index in [0.29, 0.717) is 0 Å². The molecule has 0 spiro atoms. The van der Waals surface area contributed by atoms with Gasteiger partial charge in [-0.1, -0.05) is 404 Å². The Hall–Kier alpha value is -13.2. The molecule has 8 aromatic heterocycles. The standard InChI is InChI=1S/C21H21N.2C20H20N2.C19H19N3.C15H15NO.C15H15NS/c1-21(2,3)18-14-19(16-10-6-4-7-11-16)22-20(15-18)17-12-8-5-9-13-17;1-20(2,3)18-14-17(15-10-6-4-7-11-15)21-19(22-18)16-12-8-5-9-13-16;1-20(2,3)19-21-17(15-10-6-4-7-11-15)14-18(22-19)16-12-8-5-9-13-16;1-19(2,3)18-21-16(14-10-6-4-7-11-14)20-17(22-18)15-12-8-5-9-13-15;2*1-15(2,3)14-13-11(8-9-16-14)10-6-4-5-7-12(10)17-13/h4-15H,1-3H3;2*4-14H,1-3H3;4-13H,1-3H3;2*4-9H,1-3H3. The quantitative estimate of drug-likeness (QED) is 0.143. The van der Waals surface area contributed by atoms with Crippen molar-refractivity contribution in [1.29, 1.82) is 0 Å². The lowest BCUT2D eigenvalue weighted by Crippen LogP contribution is -2.18. The number of benzene rings is 10. The molecule has 0 saturated heterocycles. The van der Waals surface area contributed by atoms with Crippen LogP contribution in [0.4, 0.5) is 0 Å². The van der Waals surface area contributed by atoms with Crippen LogP contribution in [0.15, 0.2) is 344 Å². The Morgan fingerprint density at radius 2 is 0.574 bits per heavy atom. The van der Waals surface area contributed by atoms with Gasteiger partial charge >= 0.3 is 0 Å². The Kier molecular flexibility index (Phi) is 26.7. The highest BCUT2D eigenvalue weighted by Crippen LogP contribution is 2.41. The summed E-state index contributed by atoms with van der Waals surface area (Å²) in [6, 6.07) is 111. The SMILES string of the molecule is CC(C)(C)c1cc(-c2ccccc2)nc(-c2ccccc2)c1.CC(C)(C)c1cc(-c2ccccc2)nc(-c2ccccc2)n1.CC(C)(C)c1nc(-c2ccccc2)cc(-c2ccccc2)n1.CC(C)(C)c1nc(-c2ccccc2)nc(-c2ccccc2)n1.CC(C)(C)c1nccc2c1oc1ccccc12.CC(C)(C)c1nccc2c1sc1ccccc12. The fraction of sp³-hybridized carbons (Fsp3) is 0.218. The maximum absolute atomic E-state index is 5.95. The fourth-order valence-electron chi connectivity index (χ4n) is 13.6. The largest absolute Gasteiger partial charge is 0.454 e. The molecule has 0 amide bonds. The van der Waals surface area contributed by atoms with Crippen LogP contribution in [0.25, 0.3) is 133 Å². The molecule has 0 unspecified atom stereocenters. The summed E-state index contributed by atoms with van der Waals surface area (Å²) in [4.78, 5) is 47.1. The van der Waals surface area contributed by atoms with E-state index in [1.807, 2.05) is 194 Å². The van der Waals surface area contributed by atoms with E-state index in [1.54, 1.807) is 0 Å². The lowest BCUT2D eigenvalue weighted by molar-refractivity contribution is 0.543. The molecule has 0 fully saturated rings. The highest BCUT2D eigenvalue weighted by Gasteiger charge is 2.27. The summed E-state index contributed by atoms with van der Waals surface area (Å²) in [6.07, 6.45) is 3.80. The van der Waals surface area contributed by atoms with Crippen LogP contribution in [0.5, 0.6) is 0 Å². The average Bonchev–Trinajstić information content (AvgIpc) is 1.64. The molecule has 0 saturated carbocycles. The van der Waals surface area contributed by atoms with Gasteiger partial charge in [-0.05, 0) is 59.5 Å². The fourth-order valence-corrected chi connectivity index (χ4v) is 15.0. The Morgan fingerprint density at radius 1 is 0.238 bits per heavy atom. The van der Waals surface area contributed by atoms with Crippen LogP contribution in [-0.4, -0.2) is 49.8 Å². The van der Waals surface area contributed by atoms with Crippen molar-refractivity contribution in [2.45, 2.75) is 157 Å². The van der Waals surface area contributed by atoms with Gasteiger partial charge in [-0.2, -0.15) is 0 Å². The second-order valence-corrected chi connectivity index (χ2v) is 37.6. The Bertz CT molecular complexity index is 5560. The van der Waals surface area contributed by atoms with Crippen LogP contribution in [0.2, 0.25) is 0 Å². The Labute approximate surface area is 724 Å². The maximum atomic E-state index is 5.95. The molecule has 0 N–H and O–H groups in total. The van der Waals surface area contributed by atoms with Crippen molar-refractivity contribution in [3.05, 3.63) is 374 Å².